The quantitative estimate of drug-likeness (QED) is 0.727. The molecule has 0 bridgehead atoms. The monoisotopic (exact) mass is 336 g/mol. The summed E-state index contributed by atoms with van der Waals surface area (Å²) >= 11 is 0. The molecule has 1 aliphatic heterocycles. The maximum atomic E-state index is 11.2. The van der Waals surface area contributed by atoms with Gasteiger partial charge in [-0.2, -0.15) is 0 Å². The average molecular weight is 336 g/mol. The van der Waals surface area contributed by atoms with Gasteiger partial charge < -0.3 is 20.1 Å². The average Bonchev–Trinajstić information content (AvgIpc) is 2.94. The molecule has 1 saturated heterocycles. The molecule has 0 amide bonds. The van der Waals surface area contributed by atoms with Crippen LogP contribution >= 0.6 is 0 Å². The Morgan fingerprint density at radius 3 is 2.25 bits per heavy atom. The molecule has 0 radical (unpaired) electrons. The number of hydrogen-bond acceptors (Lipinski definition) is 7. The smallest absolute Gasteiger partial charge is 0.177 e. The molecule has 4 atom stereocenters. The number of fused-ring (bicyclic) bond motifs is 1. The lowest BCUT2D eigenvalue weighted by Gasteiger charge is -2.42. The fourth-order valence-electron chi connectivity index (χ4n) is 3.56. The number of ether oxygens (including phenoxy) is 1. The molecular weight excluding hydrogens is 312 g/mol. The molecule has 1 fully saturated rings. The molecule has 3 rings (SSSR count). The van der Waals surface area contributed by atoms with Crippen LogP contribution in [0.15, 0.2) is 6.33 Å². The first-order valence-corrected chi connectivity index (χ1v) is 7.86. The van der Waals surface area contributed by atoms with Gasteiger partial charge in [0.05, 0.1) is 18.6 Å². The molecule has 0 aliphatic carbocycles. The van der Waals surface area contributed by atoms with Crippen molar-refractivity contribution in [2.75, 3.05) is 6.61 Å². The number of aliphatic hydroxyl groups excluding tert-OH is 1. The van der Waals surface area contributed by atoms with E-state index in [2.05, 4.69) is 15.0 Å². The van der Waals surface area contributed by atoms with Gasteiger partial charge in [0.1, 0.15) is 28.1 Å². The van der Waals surface area contributed by atoms with Crippen molar-refractivity contribution in [3.63, 3.8) is 0 Å². The maximum absolute atomic E-state index is 11.2. The minimum atomic E-state index is -1.72. The third-order valence-corrected chi connectivity index (χ3v) is 5.75. The van der Waals surface area contributed by atoms with E-state index in [0.717, 1.165) is 0 Å². The van der Waals surface area contributed by atoms with Gasteiger partial charge in [-0.05, 0) is 41.5 Å². The summed E-state index contributed by atoms with van der Waals surface area (Å²) in [7, 11) is 0. The molecule has 8 heteroatoms. The molecule has 0 aromatic carbocycles. The Kier molecular flexibility index (Phi) is 3.39. The van der Waals surface area contributed by atoms with E-state index in [9.17, 15) is 15.3 Å². The van der Waals surface area contributed by atoms with Crippen LogP contribution in [-0.4, -0.2) is 58.2 Å². The Labute approximate surface area is 140 Å². The zero-order chi connectivity index (χ0) is 18.1. The highest BCUT2D eigenvalue weighted by Gasteiger charge is 2.72. The van der Waals surface area contributed by atoms with E-state index < -0.39 is 29.1 Å². The molecule has 1 aliphatic rings. The van der Waals surface area contributed by atoms with Gasteiger partial charge in [0.2, 0.25) is 0 Å². The fourth-order valence-corrected chi connectivity index (χ4v) is 3.56. The van der Waals surface area contributed by atoms with Gasteiger partial charge in [0.15, 0.2) is 11.4 Å². The summed E-state index contributed by atoms with van der Waals surface area (Å²) < 4.78 is 7.66. The van der Waals surface area contributed by atoms with Crippen LogP contribution in [-0.2, 0) is 10.5 Å². The van der Waals surface area contributed by atoms with E-state index in [1.165, 1.54) is 20.2 Å². The SMILES string of the molecule is Cc1nc(C)c2ncn(C3(C)OC(C)(CO)C(C)(O)C3(C)O)c2n1. The largest absolute Gasteiger partial charge is 0.393 e. The van der Waals surface area contributed by atoms with Gasteiger partial charge in [-0.25, -0.2) is 15.0 Å². The van der Waals surface area contributed by atoms with E-state index in [1.54, 1.807) is 25.3 Å². The molecule has 3 N–H and O–H groups in total. The maximum Gasteiger partial charge on any atom is 0.177 e. The second-order valence-electron chi connectivity index (χ2n) is 7.26. The zero-order valence-corrected chi connectivity index (χ0v) is 14.8. The molecule has 8 nitrogen and oxygen atoms in total. The minimum absolute atomic E-state index is 0.453. The summed E-state index contributed by atoms with van der Waals surface area (Å²) in [5.41, 5.74) is -4.38. The van der Waals surface area contributed by atoms with Crippen LogP contribution in [0, 0.1) is 13.8 Å². The van der Waals surface area contributed by atoms with Gasteiger partial charge in [-0.1, -0.05) is 0 Å². The van der Waals surface area contributed by atoms with Gasteiger partial charge in [-0.3, -0.25) is 4.57 Å². The molecular formula is C16H24N4O4. The summed E-state index contributed by atoms with van der Waals surface area (Å²) in [6.45, 7) is 9.31. The highest BCUT2D eigenvalue weighted by molar-refractivity contribution is 5.73. The molecule has 24 heavy (non-hydrogen) atoms. The third-order valence-electron chi connectivity index (χ3n) is 5.75. The van der Waals surface area contributed by atoms with E-state index >= 15 is 0 Å². The van der Waals surface area contributed by atoms with Crippen molar-refractivity contribution < 1.29 is 20.1 Å². The number of rotatable bonds is 2. The van der Waals surface area contributed by atoms with Crippen molar-refractivity contribution in [2.24, 2.45) is 0 Å². The van der Waals surface area contributed by atoms with Gasteiger partial charge in [-0.15, -0.1) is 0 Å². The van der Waals surface area contributed by atoms with Crippen LogP contribution in [0.25, 0.3) is 11.2 Å². The predicted molar refractivity (Wildman–Crippen MR) is 86.3 cm³/mol. The van der Waals surface area contributed by atoms with Crippen LogP contribution in [0.1, 0.15) is 39.2 Å². The highest BCUT2D eigenvalue weighted by Crippen LogP contribution is 2.54. The Hall–Kier alpha value is -1.61. The van der Waals surface area contributed by atoms with Crippen LogP contribution in [0.2, 0.25) is 0 Å². The molecule has 2 aromatic rings. The standard InChI is InChI=1S/C16H24N4O4/c1-9-11-12(19-10(2)18-9)20(8-17-11)16(6)15(5,23)14(4,22)13(3,7-21)24-16/h8,21-23H,7H2,1-6H3. The van der Waals surface area contributed by atoms with Gasteiger partial charge in [0, 0.05) is 0 Å². The second kappa shape index (κ2) is 4.72. The summed E-state index contributed by atoms with van der Waals surface area (Å²) in [5, 5.41) is 31.9. The summed E-state index contributed by atoms with van der Waals surface area (Å²) in [4.78, 5) is 13.1. The fraction of sp³-hybridized carbons (Fsp3) is 0.688. The summed E-state index contributed by atoms with van der Waals surface area (Å²) in [5.74, 6) is 0.569. The second-order valence-corrected chi connectivity index (χ2v) is 7.26. The molecule has 3 heterocycles. The Morgan fingerprint density at radius 1 is 1.08 bits per heavy atom. The molecule has 132 valence electrons. The number of imidazole rings is 1. The van der Waals surface area contributed by atoms with Crippen molar-refractivity contribution in [1.82, 2.24) is 19.5 Å². The van der Waals surface area contributed by atoms with Gasteiger partial charge in [0.25, 0.3) is 0 Å². The van der Waals surface area contributed by atoms with Crippen molar-refractivity contribution in [1.29, 1.82) is 0 Å². The topological polar surface area (TPSA) is 114 Å². The third kappa shape index (κ3) is 1.79. The first-order chi connectivity index (χ1) is 10.9. The number of hydrogen-bond donors (Lipinski definition) is 3. The lowest BCUT2D eigenvalue weighted by Crippen LogP contribution is -2.63. The van der Waals surface area contributed by atoms with E-state index in [-0.39, 0.29) is 0 Å². The molecule has 0 saturated carbocycles. The van der Waals surface area contributed by atoms with Crippen molar-refractivity contribution in [3.05, 3.63) is 17.8 Å². The lowest BCUT2D eigenvalue weighted by atomic mass is 9.73. The Morgan fingerprint density at radius 2 is 1.71 bits per heavy atom. The Balaban J connectivity index is 2.30. The van der Waals surface area contributed by atoms with Crippen molar-refractivity contribution in [2.45, 2.75) is 64.1 Å². The number of aryl methyl sites for hydroxylation is 2. The van der Waals surface area contributed by atoms with Crippen LogP contribution in [0.5, 0.6) is 0 Å². The van der Waals surface area contributed by atoms with E-state index in [0.29, 0.717) is 22.7 Å². The number of nitrogens with zero attached hydrogens (tertiary/aromatic N) is 4. The predicted octanol–water partition coefficient (Wildman–Crippen LogP) is 0.399. The Bertz CT molecular complexity index is 816. The molecule has 4 unspecified atom stereocenters. The molecule has 2 aromatic heterocycles. The van der Waals surface area contributed by atoms with Crippen LogP contribution < -0.4 is 0 Å². The minimum Gasteiger partial charge on any atom is -0.393 e. The lowest BCUT2D eigenvalue weighted by molar-refractivity contribution is -0.192. The highest BCUT2D eigenvalue weighted by atomic mass is 16.6. The number of aromatic nitrogens is 4. The normalized spacial score (nSPS) is 39.7. The van der Waals surface area contributed by atoms with Crippen molar-refractivity contribution in [3.8, 4) is 0 Å². The van der Waals surface area contributed by atoms with Crippen LogP contribution in [0.4, 0.5) is 0 Å². The summed E-state index contributed by atoms with van der Waals surface area (Å²) in [6, 6.07) is 0. The zero-order valence-electron chi connectivity index (χ0n) is 14.8. The van der Waals surface area contributed by atoms with Crippen molar-refractivity contribution >= 4 is 11.2 Å². The van der Waals surface area contributed by atoms with E-state index in [4.69, 9.17) is 4.74 Å². The molecule has 0 spiro atoms. The number of aliphatic hydroxyl groups is 3. The van der Waals surface area contributed by atoms with Gasteiger partial charge >= 0.3 is 0 Å². The van der Waals surface area contributed by atoms with E-state index in [1.807, 2.05) is 6.92 Å². The van der Waals surface area contributed by atoms with Crippen LogP contribution in [0.3, 0.4) is 0 Å². The summed E-state index contributed by atoms with van der Waals surface area (Å²) in [6.07, 6.45) is 1.51. The first-order valence-electron chi connectivity index (χ1n) is 7.86. The first kappa shape index (κ1) is 17.2.